The van der Waals surface area contributed by atoms with Crippen LogP contribution in [0.3, 0.4) is 0 Å². The van der Waals surface area contributed by atoms with E-state index >= 15 is 0 Å². The van der Waals surface area contributed by atoms with Crippen molar-refractivity contribution < 1.29 is 32.6 Å². The van der Waals surface area contributed by atoms with Crippen LogP contribution in [0.2, 0.25) is 0 Å². The van der Waals surface area contributed by atoms with Crippen molar-refractivity contribution in [1.29, 1.82) is 0 Å². The smallest absolute Gasteiger partial charge is 0.407 e. The molecule has 2 heterocycles. The molecule has 4 aromatic rings. The number of nitrogens with one attached hydrogen (secondary N) is 2. The van der Waals surface area contributed by atoms with Crippen molar-refractivity contribution in [3.05, 3.63) is 101 Å². The fourth-order valence-electron chi connectivity index (χ4n) is 3.95. The minimum Gasteiger partial charge on any atom is -0.485 e. The third-order valence-corrected chi connectivity index (χ3v) is 5.85. The van der Waals surface area contributed by atoms with Crippen LogP contribution in [0.25, 0.3) is 5.65 Å². The average Bonchev–Trinajstić information content (AvgIpc) is 3.27. The SMILES string of the molecule is COCC(CNC(=O)OCc1ccccc1)NC(=O)c1c(C)nc2c(OCc3c(F)cccc3F)cccn12. The van der Waals surface area contributed by atoms with Gasteiger partial charge >= 0.3 is 6.09 Å². The molecule has 0 aliphatic carbocycles. The lowest BCUT2D eigenvalue weighted by Gasteiger charge is -2.18. The van der Waals surface area contributed by atoms with Gasteiger partial charge in [0.05, 0.1) is 23.9 Å². The summed E-state index contributed by atoms with van der Waals surface area (Å²) >= 11 is 0. The zero-order chi connectivity index (χ0) is 27.8. The number of hydrogen-bond donors (Lipinski definition) is 2. The van der Waals surface area contributed by atoms with Crippen molar-refractivity contribution in [2.45, 2.75) is 26.2 Å². The lowest BCUT2D eigenvalue weighted by molar-refractivity contribution is 0.0882. The molecule has 2 aromatic carbocycles. The first-order chi connectivity index (χ1) is 18.9. The molecule has 0 spiro atoms. The Labute approximate surface area is 223 Å². The van der Waals surface area contributed by atoms with Crippen LogP contribution in [-0.2, 0) is 22.7 Å². The second-order valence-corrected chi connectivity index (χ2v) is 8.67. The Bertz CT molecular complexity index is 1420. The second-order valence-electron chi connectivity index (χ2n) is 8.67. The molecule has 204 valence electrons. The Balaban J connectivity index is 1.42. The molecule has 0 saturated heterocycles. The van der Waals surface area contributed by atoms with Crippen molar-refractivity contribution in [3.63, 3.8) is 0 Å². The number of carbonyl (C=O) groups is 2. The number of halogens is 2. The summed E-state index contributed by atoms with van der Waals surface area (Å²) in [7, 11) is 1.48. The average molecular weight is 539 g/mol. The van der Waals surface area contributed by atoms with Gasteiger partial charge in [0.2, 0.25) is 0 Å². The van der Waals surface area contributed by atoms with Crippen LogP contribution in [0.15, 0.2) is 66.9 Å². The van der Waals surface area contributed by atoms with E-state index < -0.39 is 29.7 Å². The van der Waals surface area contributed by atoms with Crippen molar-refractivity contribution in [1.82, 2.24) is 20.0 Å². The molecule has 0 saturated carbocycles. The molecular weight excluding hydrogens is 510 g/mol. The highest BCUT2D eigenvalue weighted by atomic mass is 19.1. The maximum absolute atomic E-state index is 14.0. The summed E-state index contributed by atoms with van der Waals surface area (Å²) in [4.78, 5) is 29.8. The number of benzene rings is 2. The van der Waals surface area contributed by atoms with E-state index in [2.05, 4.69) is 15.6 Å². The number of pyridine rings is 1. The molecule has 1 atom stereocenters. The summed E-state index contributed by atoms with van der Waals surface area (Å²) in [6.07, 6.45) is 0.999. The number of carbonyl (C=O) groups excluding carboxylic acids is 2. The number of nitrogens with zero attached hydrogens (tertiary/aromatic N) is 2. The van der Waals surface area contributed by atoms with Crippen LogP contribution in [0.4, 0.5) is 13.6 Å². The van der Waals surface area contributed by atoms with Crippen LogP contribution in [0.5, 0.6) is 5.75 Å². The van der Waals surface area contributed by atoms with E-state index in [1.165, 1.54) is 17.6 Å². The quantitative estimate of drug-likeness (QED) is 0.297. The largest absolute Gasteiger partial charge is 0.485 e. The van der Waals surface area contributed by atoms with Gasteiger partial charge in [0.15, 0.2) is 11.4 Å². The molecule has 39 heavy (non-hydrogen) atoms. The fraction of sp³-hybridized carbons (Fsp3) is 0.250. The summed E-state index contributed by atoms with van der Waals surface area (Å²) in [5.74, 6) is -1.65. The normalized spacial score (nSPS) is 11.7. The minimum atomic E-state index is -0.719. The third-order valence-electron chi connectivity index (χ3n) is 5.85. The van der Waals surface area contributed by atoms with E-state index in [1.807, 2.05) is 30.3 Å². The summed E-state index contributed by atoms with van der Waals surface area (Å²) in [6.45, 7) is 1.61. The number of alkyl carbamates (subject to hydrolysis) is 1. The van der Waals surface area contributed by atoms with Gasteiger partial charge < -0.3 is 24.8 Å². The zero-order valence-corrected chi connectivity index (χ0v) is 21.4. The first-order valence-electron chi connectivity index (χ1n) is 12.1. The Morgan fingerprint density at radius 3 is 2.46 bits per heavy atom. The van der Waals surface area contributed by atoms with E-state index in [-0.39, 0.29) is 43.4 Å². The van der Waals surface area contributed by atoms with E-state index in [4.69, 9.17) is 14.2 Å². The number of fused-ring (bicyclic) bond motifs is 1. The maximum atomic E-state index is 14.0. The van der Waals surface area contributed by atoms with Gasteiger partial charge in [0.1, 0.15) is 30.5 Å². The first kappa shape index (κ1) is 27.5. The van der Waals surface area contributed by atoms with E-state index in [1.54, 1.807) is 25.3 Å². The van der Waals surface area contributed by atoms with Crippen LogP contribution in [0.1, 0.15) is 27.3 Å². The van der Waals surface area contributed by atoms with Gasteiger partial charge in [-0.2, -0.15) is 0 Å². The lowest BCUT2D eigenvalue weighted by atomic mass is 10.2. The van der Waals surface area contributed by atoms with Crippen LogP contribution >= 0.6 is 0 Å². The molecule has 2 N–H and O–H groups in total. The number of rotatable bonds is 11. The highest BCUT2D eigenvalue weighted by Crippen LogP contribution is 2.24. The summed E-state index contributed by atoms with van der Waals surface area (Å²) in [5.41, 5.74) is 1.59. The molecule has 1 unspecified atom stereocenters. The van der Waals surface area contributed by atoms with Gasteiger partial charge in [-0.05, 0) is 36.8 Å². The van der Waals surface area contributed by atoms with Gasteiger partial charge in [-0.15, -0.1) is 0 Å². The Kier molecular flexibility index (Phi) is 9.06. The molecule has 2 amide bonds. The van der Waals surface area contributed by atoms with Gasteiger partial charge in [-0.3, -0.25) is 9.20 Å². The minimum absolute atomic E-state index is 0.0611. The number of aryl methyl sites for hydroxylation is 1. The van der Waals surface area contributed by atoms with Gasteiger partial charge in [0.25, 0.3) is 5.91 Å². The monoisotopic (exact) mass is 538 g/mol. The first-order valence-corrected chi connectivity index (χ1v) is 12.1. The number of aromatic nitrogens is 2. The van der Waals surface area contributed by atoms with E-state index in [0.717, 1.165) is 17.7 Å². The second kappa shape index (κ2) is 12.8. The van der Waals surface area contributed by atoms with Gasteiger partial charge in [-0.1, -0.05) is 36.4 Å². The molecular formula is C28H28F2N4O5. The van der Waals surface area contributed by atoms with Crippen molar-refractivity contribution in [2.75, 3.05) is 20.3 Å². The molecule has 9 nitrogen and oxygen atoms in total. The van der Waals surface area contributed by atoms with E-state index in [0.29, 0.717) is 11.3 Å². The highest BCUT2D eigenvalue weighted by molar-refractivity contribution is 5.95. The van der Waals surface area contributed by atoms with Crippen molar-refractivity contribution in [3.8, 4) is 5.75 Å². The lowest BCUT2D eigenvalue weighted by Crippen LogP contribution is -2.46. The van der Waals surface area contributed by atoms with Gasteiger partial charge in [-0.25, -0.2) is 18.6 Å². The molecule has 0 radical (unpaired) electrons. The number of hydrogen-bond acceptors (Lipinski definition) is 6. The molecule has 0 aliphatic rings. The number of methoxy groups -OCH3 is 1. The Morgan fingerprint density at radius 2 is 1.74 bits per heavy atom. The highest BCUT2D eigenvalue weighted by Gasteiger charge is 2.22. The summed E-state index contributed by atoms with van der Waals surface area (Å²) < 4.78 is 45.7. The zero-order valence-electron chi connectivity index (χ0n) is 21.4. The molecule has 11 heteroatoms. The Hall–Kier alpha value is -4.51. The van der Waals surface area contributed by atoms with Crippen molar-refractivity contribution in [2.24, 2.45) is 0 Å². The predicted molar refractivity (Wildman–Crippen MR) is 138 cm³/mol. The summed E-state index contributed by atoms with van der Waals surface area (Å²) in [6, 6.07) is 15.5. The predicted octanol–water partition coefficient (Wildman–Crippen LogP) is 4.17. The standard InChI is InChI=1S/C28H28F2N4O5/c1-18-25(27(35)33-20(16-37-2)14-31-28(36)39-15-19-8-4-3-5-9-19)34-13-7-12-24(26(34)32-18)38-17-21-22(29)10-6-11-23(21)30/h3-13,20H,14-17H2,1-2H3,(H,31,36)(H,33,35). The molecule has 0 bridgehead atoms. The third kappa shape index (κ3) is 6.88. The molecule has 2 aromatic heterocycles. The van der Waals surface area contributed by atoms with E-state index in [9.17, 15) is 18.4 Å². The Morgan fingerprint density at radius 1 is 1.00 bits per heavy atom. The molecule has 4 rings (SSSR count). The maximum Gasteiger partial charge on any atom is 0.407 e. The summed E-state index contributed by atoms with van der Waals surface area (Å²) in [5, 5.41) is 5.47. The molecule has 0 aliphatic heterocycles. The van der Waals surface area contributed by atoms with Gasteiger partial charge in [0, 0.05) is 19.9 Å². The topological polar surface area (TPSA) is 103 Å². The van der Waals surface area contributed by atoms with Crippen molar-refractivity contribution >= 4 is 17.6 Å². The molecule has 0 fully saturated rings. The van der Waals surface area contributed by atoms with Crippen LogP contribution in [-0.4, -0.2) is 47.7 Å². The number of ether oxygens (including phenoxy) is 3. The van der Waals surface area contributed by atoms with Crippen LogP contribution in [0, 0.1) is 18.6 Å². The number of imidazole rings is 1. The fourth-order valence-corrected chi connectivity index (χ4v) is 3.95. The number of amides is 2. The van der Waals surface area contributed by atoms with Crippen LogP contribution < -0.4 is 15.4 Å².